The summed E-state index contributed by atoms with van der Waals surface area (Å²) in [5.41, 5.74) is 0.00994. The maximum Gasteiger partial charge on any atom is 0.0675 e. The van der Waals surface area contributed by atoms with Gasteiger partial charge in [-0.15, -0.1) is 0 Å². The molecule has 2 N–H and O–H groups in total. The molecule has 3 aliphatic rings. The van der Waals surface area contributed by atoms with E-state index in [1.54, 1.807) is 0 Å². The van der Waals surface area contributed by atoms with E-state index in [2.05, 4.69) is 43.6 Å². The number of alkyl halides is 1. The number of aliphatic hydroxyl groups is 2. The first kappa shape index (κ1) is 18.2. The summed E-state index contributed by atoms with van der Waals surface area (Å²) in [6.07, 6.45) is 6.83. The first-order valence-corrected chi connectivity index (χ1v) is 10.4. The largest absolute Gasteiger partial charge is 0.396 e. The molecule has 3 saturated carbocycles. The highest BCUT2D eigenvalue weighted by atomic mass is 79.9. The van der Waals surface area contributed by atoms with E-state index < -0.39 is 5.60 Å². The normalized spacial score (nSPS) is 55.8. The maximum atomic E-state index is 10.9. The van der Waals surface area contributed by atoms with Gasteiger partial charge in [0.15, 0.2) is 0 Å². The standard InChI is InChI=1S/C20H35BrO2/c1-17(2)13-6-9-19(4)14(18(13,3)10-8-16(17)21)7-11-20(5,23)15(19)12-22/h13-16,22-23H,6-12H2,1-5H3/t13-,14+,15-,16-,18-,19+,20-/m0/s1. The zero-order chi connectivity index (χ0) is 17.3. The molecule has 7 atom stereocenters. The molecule has 0 aromatic carbocycles. The zero-order valence-corrected chi connectivity index (χ0v) is 17.1. The van der Waals surface area contributed by atoms with Gasteiger partial charge in [0.25, 0.3) is 0 Å². The molecule has 2 nitrogen and oxygen atoms in total. The molecule has 3 rings (SSSR count). The Labute approximate surface area is 150 Å². The molecule has 3 aliphatic carbocycles. The van der Waals surface area contributed by atoms with Crippen LogP contribution in [-0.2, 0) is 0 Å². The van der Waals surface area contributed by atoms with Crippen molar-refractivity contribution in [2.45, 2.75) is 83.6 Å². The zero-order valence-electron chi connectivity index (χ0n) is 15.5. The Bertz CT molecular complexity index is 474. The summed E-state index contributed by atoms with van der Waals surface area (Å²) in [6.45, 7) is 11.8. The highest BCUT2D eigenvalue weighted by Gasteiger charge is 2.64. The highest BCUT2D eigenvalue weighted by molar-refractivity contribution is 9.09. The molecular formula is C20H35BrO2. The van der Waals surface area contributed by atoms with Gasteiger partial charge < -0.3 is 10.2 Å². The summed E-state index contributed by atoms with van der Waals surface area (Å²) < 4.78 is 0. The summed E-state index contributed by atoms with van der Waals surface area (Å²) >= 11 is 3.96. The molecule has 23 heavy (non-hydrogen) atoms. The third-order valence-corrected chi connectivity index (χ3v) is 10.3. The van der Waals surface area contributed by atoms with Gasteiger partial charge in [0, 0.05) is 17.4 Å². The smallest absolute Gasteiger partial charge is 0.0675 e. The fourth-order valence-corrected chi connectivity index (χ4v) is 7.90. The molecule has 0 aromatic rings. The number of halogens is 1. The third-order valence-electron chi connectivity index (χ3n) is 8.67. The predicted octanol–water partition coefficient (Wildman–Crippen LogP) is 4.76. The minimum Gasteiger partial charge on any atom is -0.396 e. The van der Waals surface area contributed by atoms with Crippen molar-refractivity contribution in [3.63, 3.8) is 0 Å². The molecule has 3 fully saturated rings. The Balaban J connectivity index is 2.01. The van der Waals surface area contributed by atoms with E-state index in [0.717, 1.165) is 25.2 Å². The lowest BCUT2D eigenvalue weighted by Crippen LogP contribution is -2.64. The Hall–Kier alpha value is 0.400. The van der Waals surface area contributed by atoms with Gasteiger partial charge in [-0.1, -0.05) is 43.6 Å². The molecular weight excluding hydrogens is 352 g/mol. The molecule has 0 saturated heterocycles. The Morgan fingerprint density at radius 3 is 2.04 bits per heavy atom. The highest BCUT2D eigenvalue weighted by Crippen LogP contribution is 2.70. The fraction of sp³-hybridized carbons (Fsp3) is 1.00. The average Bonchev–Trinajstić information content (AvgIpc) is 2.42. The van der Waals surface area contributed by atoms with Crippen molar-refractivity contribution in [1.82, 2.24) is 0 Å². The number of rotatable bonds is 1. The van der Waals surface area contributed by atoms with Gasteiger partial charge in [0.1, 0.15) is 0 Å². The molecule has 0 unspecified atom stereocenters. The van der Waals surface area contributed by atoms with Gasteiger partial charge in [0.2, 0.25) is 0 Å². The van der Waals surface area contributed by atoms with Crippen LogP contribution in [0.25, 0.3) is 0 Å². The van der Waals surface area contributed by atoms with Crippen molar-refractivity contribution >= 4 is 15.9 Å². The second kappa shape index (κ2) is 5.45. The second-order valence-electron chi connectivity index (χ2n) is 10.1. The number of aliphatic hydroxyl groups excluding tert-OH is 1. The summed E-state index contributed by atoms with van der Waals surface area (Å²) in [5.74, 6) is 1.36. The first-order chi connectivity index (χ1) is 10.5. The van der Waals surface area contributed by atoms with Crippen LogP contribution in [0.4, 0.5) is 0 Å². The van der Waals surface area contributed by atoms with Gasteiger partial charge in [0.05, 0.1) is 5.60 Å². The Morgan fingerprint density at radius 2 is 1.43 bits per heavy atom. The van der Waals surface area contributed by atoms with E-state index in [-0.39, 0.29) is 17.9 Å². The number of hydrogen-bond acceptors (Lipinski definition) is 2. The van der Waals surface area contributed by atoms with E-state index in [1.807, 2.05) is 6.92 Å². The minimum atomic E-state index is -0.717. The molecule has 0 aromatic heterocycles. The summed E-state index contributed by atoms with van der Waals surface area (Å²) in [6, 6.07) is 0. The molecule has 0 bridgehead atoms. The molecule has 134 valence electrons. The first-order valence-electron chi connectivity index (χ1n) is 9.47. The van der Waals surface area contributed by atoms with Gasteiger partial charge in [-0.25, -0.2) is 0 Å². The van der Waals surface area contributed by atoms with Gasteiger partial charge in [-0.05, 0) is 73.5 Å². The predicted molar refractivity (Wildman–Crippen MR) is 98.6 cm³/mol. The molecule has 3 heteroatoms. The Morgan fingerprint density at radius 1 is 0.870 bits per heavy atom. The SMILES string of the molecule is CC1(C)[C@@H](Br)CC[C@]2(C)[C@H]3CC[C@](C)(O)[C@@H](CO)[C@]3(C)CC[C@@H]12. The molecule has 0 aliphatic heterocycles. The fourth-order valence-electron chi connectivity index (χ4n) is 7.36. The van der Waals surface area contributed by atoms with Crippen LogP contribution in [0.5, 0.6) is 0 Å². The lowest BCUT2D eigenvalue weighted by molar-refractivity contribution is -0.215. The van der Waals surface area contributed by atoms with Crippen molar-refractivity contribution in [2.24, 2.45) is 34.0 Å². The van der Waals surface area contributed by atoms with Gasteiger partial charge in [-0.3, -0.25) is 0 Å². The van der Waals surface area contributed by atoms with Crippen LogP contribution in [0.1, 0.15) is 73.1 Å². The molecule has 0 heterocycles. The monoisotopic (exact) mass is 386 g/mol. The molecule has 0 spiro atoms. The quantitative estimate of drug-likeness (QED) is 0.637. The minimum absolute atomic E-state index is 0.0105. The topological polar surface area (TPSA) is 40.5 Å². The summed E-state index contributed by atoms with van der Waals surface area (Å²) in [4.78, 5) is 0.609. The van der Waals surface area contributed by atoms with Crippen molar-refractivity contribution in [3.05, 3.63) is 0 Å². The average molecular weight is 387 g/mol. The van der Waals surface area contributed by atoms with E-state index in [9.17, 15) is 10.2 Å². The maximum absolute atomic E-state index is 10.9. The van der Waals surface area contributed by atoms with Crippen molar-refractivity contribution < 1.29 is 10.2 Å². The summed E-state index contributed by atoms with van der Waals surface area (Å²) in [5, 5.41) is 21.0. The van der Waals surface area contributed by atoms with Gasteiger partial charge >= 0.3 is 0 Å². The van der Waals surface area contributed by atoms with Crippen molar-refractivity contribution in [2.75, 3.05) is 6.61 Å². The Kier molecular flexibility index (Phi) is 4.31. The van der Waals surface area contributed by atoms with Crippen molar-refractivity contribution in [1.29, 1.82) is 0 Å². The van der Waals surface area contributed by atoms with Gasteiger partial charge in [-0.2, -0.15) is 0 Å². The van der Waals surface area contributed by atoms with E-state index in [0.29, 0.717) is 21.6 Å². The lowest BCUT2D eigenvalue weighted by atomic mass is 9.38. The summed E-state index contributed by atoms with van der Waals surface area (Å²) in [7, 11) is 0. The van der Waals surface area contributed by atoms with Crippen molar-refractivity contribution in [3.8, 4) is 0 Å². The van der Waals surface area contributed by atoms with E-state index >= 15 is 0 Å². The third kappa shape index (κ3) is 2.39. The van der Waals surface area contributed by atoms with Crippen LogP contribution in [0.3, 0.4) is 0 Å². The number of hydrogen-bond donors (Lipinski definition) is 2. The van der Waals surface area contributed by atoms with Crippen LogP contribution in [-0.4, -0.2) is 27.2 Å². The van der Waals surface area contributed by atoms with E-state index in [1.165, 1.54) is 19.3 Å². The second-order valence-corrected chi connectivity index (χ2v) is 11.2. The van der Waals surface area contributed by atoms with Crippen LogP contribution >= 0.6 is 15.9 Å². The van der Waals surface area contributed by atoms with Crippen LogP contribution in [0, 0.1) is 34.0 Å². The molecule has 0 radical (unpaired) electrons. The van der Waals surface area contributed by atoms with Crippen LogP contribution < -0.4 is 0 Å². The number of fused-ring (bicyclic) bond motifs is 3. The van der Waals surface area contributed by atoms with E-state index in [4.69, 9.17) is 0 Å². The van der Waals surface area contributed by atoms with Crippen LogP contribution in [0.15, 0.2) is 0 Å². The van der Waals surface area contributed by atoms with Crippen LogP contribution in [0.2, 0.25) is 0 Å². The molecule has 0 amide bonds. The lowest BCUT2D eigenvalue weighted by Gasteiger charge is -2.68.